The third kappa shape index (κ3) is 4.61. The van der Waals surface area contributed by atoms with Crippen LogP contribution in [0.2, 0.25) is 0 Å². The van der Waals surface area contributed by atoms with Crippen LogP contribution < -0.4 is 5.32 Å². The van der Waals surface area contributed by atoms with E-state index in [0.717, 1.165) is 31.3 Å². The largest absolute Gasteiger partial charge is 0.459 e. The number of carbonyl (C=O) groups is 1. The molecule has 1 atom stereocenters. The number of morpholine rings is 1. The molecule has 1 aromatic carbocycles. The summed E-state index contributed by atoms with van der Waals surface area (Å²) in [6, 6.07) is 12.4. The smallest absolute Gasteiger partial charge is 0.291 e. The number of amides is 1. The molecule has 1 N–H and O–H groups in total. The summed E-state index contributed by atoms with van der Waals surface area (Å²) in [5.74, 6) is 0.589. The first-order valence-corrected chi connectivity index (χ1v) is 11.6. The first-order valence-electron chi connectivity index (χ1n) is 10.8. The van der Waals surface area contributed by atoms with Gasteiger partial charge in [-0.25, -0.2) is 0 Å². The van der Waals surface area contributed by atoms with Crippen molar-refractivity contribution in [2.75, 3.05) is 31.6 Å². The fourth-order valence-electron chi connectivity index (χ4n) is 4.10. The molecule has 2 aromatic heterocycles. The molecule has 164 valence electrons. The van der Waals surface area contributed by atoms with E-state index in [1.54, 1.807) is 23.5 Å². The van der Waals surface area contributed by atoms with Crippen molar-refractivity contribution < 1.29 is 13.9 Å². The second-order valence-corrected chi connectivity index (χ2v) is 9.55. The molecular weight excluding hydrogens is 408 g/mol. The lowest BCUT2D eigenvalue weighted by Gasteiger charge is -2.36. The van der Waals surface area contributed by atoms with Gasteiger partial charge < -0.3 is 14.5 Å². The summed E-state index contributed by atoms with van der Waals surface area (Å²) in [5, 5.41) is 4.01. The average molecular weight is 439 g/mol. The van der Waals surface area contributed by atoms with Gasteiger partial charge in [-0.15, -0.1) is 11.3 Å². The van der Waals surface area contributed by atoms with Crippen LogP contribution in [0.3, 0.4) is 0 Å². The van der Waals surface area contributed by atoms with Crippen LogP contribution in [0.25, 0.3) is 0 Å². The van der Waals surface area contributed by atoms with Gasteiger partial charge in [0.1, 0.15) is 5.00 Å². The highest BCUT2D eigenvalue weighted by atomic mass is 32.1. The number of nitrogens with zero attached hydrogens (tertiary/aromatic N) is 1. The second kappa shape index (κ2) is 9.39. The van der Waals surface area contributed by atoms with Crippen molar-refractivity contribution in [1.82, 2.24) is 4.90 Å². The van der Waals surface area contributed by atoms with Gasteiger partial charge in [-0.3, -0.25) is 9.69 Å². The van der Waals surface area contributed by atoms with Gasteiger partial charge in [0, 0.05) is 23.5 Å². The number of thiophene rings is 1. The van der Waals surface area contributed by atoms with Crippen LogP contribution in [0.1, 0.15) is 63.5 Å². The third-order valence-corrected chi connectivity index (χ3v) is 7.15. The molecular formula is C25H30N2O3S. The van der Waals surface area contributed by atoms with Gasteiger partial charge in [0.25, 0.3) is 5.91 Å². The van der Waals surface area contributed by atoms with Crippen LogP contribution in [-0.4, -0.2) is 37.1 Å². The van der Waals surface area contributed by atoms with Crippen molar-refractivity contribution in [2.45, 2.75) is 39.7 Å². The van der Waals surface area contributed by atoms with E-state index in [1.807, 2.05) is 0 Å². The number of anilines is 1. The molecule has 0 aliphatic carbocycles. The molecule has 4 rings (SSSR count). The molecule has 0 radical (unpaired) electrons. The van der Waals surface area contributed by atoms with Gasteiger partial charge in [0.05, 0.1) is 25.5 Å². The lowest BCUT2D eigenvalue weighted by Crippen LogP contribution is -2.40. The Bertz CT molecular complexity index is 1020. The molecule has 1 fully saturated rings. The van der Waals surface area contributed by atoms with Crippen LogP contribution >= 0.6 is 11.3 Å². The van der Waals surface area contributed by atoms with Crippen molar-refractivity contribution in [3.05, 3.63) is 75.6 Å². The number of benzene rings is 1. The van der Waals surface area contributed by atoms with Gasteiger partial charge in [0.15, 0.2) is 5.76 Å². The maximum atomic E-state index is 12.8. The Morgan fingerprint density at radius 1 is 1.06 bits per heavy atom. The predicted octanol–water partition coefficient (Wildman–Crippen LogP) is 5.76. The average Bonchev–Trinajstić information content (AvgIpc) is 3.40. The van der Waals surface area contributed by atoms with Gasteiger partial charge >= 0.3 is 0 Å². The number of hydrogen-bond donors (Lipinski definition) is 1. The molecule has 3 aromatic rings. The van der Waals surface area contributed by atoms with E-state index in [4.69, 9.17) is 9.15 Å². The predicted molar refractivity (Wildman–Crippen MR) is 125 cm³/mol. The van der Waals surface area contributed by atoms with E-state index in [2.05, 4.69) is 62.2 Å². The summed E-state index contributed by atoms with van der Waals surface area (Å²) >= 11 is 1.63. The zero-order valence-corrected chi connectivity index (χ0v) is 19.4. The summed E-state index contributed by atoms with van der Waals surface area (Å²) in [7, 11) is 0. The normalized spacial score (nSPS) is 15.9. The van der Waals surface area contributed by atoms with Crippen molar-refractivity contribution >= 4 is 22.2 Å². The van der Waals surface area contributed by atoms with Gasteiger partial charge in [-0.05, 0) is 48.6 Å². The van der Waals surface area contributed by atoms with Crippen LogP contribution in [-0.2, 0) is 4.74 Å². The Morgan fingerprint density at radius 3 is 2.35 bits per heavy atom. The molecule has 0 spiro atoms. The van der Waals surface area contributed by atoms with Crippen LogP contribution in [0.4, 0.5) is 5.00 Å². The maximum absolute atomic E-state index is 12.8. The molecule has 1 aliphatic heterocycles. The number of furan rings is 1. The van der Waals surface area contributed by atoms with Gasteiger partial charge in [-0.1, -0.05) is 38.1 Å². The van der Waals surface area contributed by atoms with Crippen molar-refractivity contribution in [3.63, 3.8) is 0 Å². The summed E-state index contributed by atoms with van der Waals surface area (Å²) in [4.78, 5) is 16.4. The highest BCUT2D eigenvalue weighted by molar-refractivity contribution is 7.16. The van der Waals surface area contributed by atoms with Crippen molar-refractivity contribution in [1.29, 1.82) is 0 Å². The molecule has 5 nitrogen and oxygen atoms in total. The molecule has 6 heteroatoms. The molecule has 0 saturated carbocycles. The molecule has 3 heterocycles. The SMILES string of the molecule is Cc1sc(NC(=O)c2ccco2)c(C(c2ccc(C(C)C)cc2)N2CCOCC2)c1C. The van der Waals surface area contributed by atoms with E-state index in [0.29, 0.717) is 11.7 Å². The zero-order valence-electron chi connectivity index (χ0n) is 18.6. The number of rotatable bonds is 6. The maximum Gasteiger partial charge on any atom is 0.291 e. The molecule has 31 heavy (non-hydrogen) atoms. The topological polar surface area (TPSA) is 54.7 Å². The first-order chi connectivity index (χ1) is 15.0. The Balaban J connectivity index is 1.76. The fraction of sp³-hybridized carbons (Fsp3) is 0.400. The van der Waals surface area contributed by atoms with Crippen LogP contribution in [0.5, 0.6) is 0 Å². The van der Waals surface area contributed by atoms with Crippen LogP contribution in [0.15, 0.2) is 47.1 Å². The second-order valence-electron chi connectivity index (χ2n) is 8.33. The fourth-order valence-corrected chi connectivity index (χ4v) is 5.19. The number of ether oxygens (including phenoxy) is 1. The lowest BCUT2D eigenvalue weighted by atomic mass is 9.92. The summed E-state index contributed by atoms with van der Waals surface area (Å²) in [6.07, 6.45) is 1.52. The van der Waals surface area contributed by atoms with E-state index in [9.17, 15) is 4.79 Å². The summed E-state index contributed by atoms with van der Waals surface area (Å²) in [6.45, 7) is 11.8. The number of aryl methyl sites for hydroxylation is 1. The van der Waals surface area contributed by atoms with E-state index >= 15 is 0 Å². The minimum atomic E-state index is -0.219. The molecule has 1 aliphatic rings. The Kier molecular flexibility index (Phi) is 6.60. The minimum absolute atomic E-state index is 0.0574. The van der Waals surface area contributed by atoms with Crippen LogP contribution in [0, 0.1) is 13.8 Å². The van der Waals surface area contributed by atoms with Gasteiger partial charge in [0.2, 0.25) is 0 Å². The number of carbonyl (C=O) groups excluding carboxylic acids is 1. The van der Waals surface area contributed by atoms with Crippen molar-refractivity contribution in [2.24, 2.45) is 0 Å². The highest BCUT2D eigenvalue weighted by Crippen LogP contribution is 2.42. The number of nitrogens with one attached hydrogen (secondary N) is 1. The van der Waals surface area contributed by atoms with E-state index < -0.39 is 0 Å². The summed E-state index contributed by atoms with van der Waals surface area (Å²) in [5.41, 5.74) is 4.96. The molecule has 1 unspecified atom stereocenters. The quantitative estimate of drug-likeness (QED) is 0.532. The van der Waals surface area contributed by atoms with Crippen molar-refractivity contribution in [3.8, 4) is 0 Å². The monoisotopic (exact) mass is 438 g/mol. The summed E-state index contributed by atoms with van der Waals surface area (Å²) < 4.78 is 10.9. The Hall–Kier alpha value is -2.41. The minimum Gasteiger partial charge on any atom is -0.459 e. The van der Waals surface area contributed by atoms with E-state index in [-0.39, 0.29) is 11.9 Å². The first kappa shape index (κ1) is 21.8. The number of hydrogen-bond acceptors (Lipinski definition) is 5. The zero-order chi connectivity index (χ0) is 22.0. The highest BCUT2D eigenvalue weighted by Gasteiger charge is 2.30. The van der Waals surface area contributed by atoms with Gasteiger partial charge in [-0.2, -0.15) is 0 Å². The van der Waals surface area contributed by atoms with E-state index in [1.165, 1.54) is 33.4 Å². The Labute approximate surface area is 188 Å². The third-order valence-electron chi connectivity index (χ3n) is 6.01. The molecule has 1 saturated heterocycles. The molecule has 1 amide bonds. The lowest BCUT2D eigenvalue weighted by molar-refractivity contribution is 0.0240. The standard InChI is InChI=1S/C25H30N2O3S/c1-16(2)19-7-9-20(10-8-19)23(27-11-14-29-15-12-27)22-17(3)18(4)31-25(22)26-24(28)21-6-5-13-30-21/h5-10,13,16,23H,11-12,14-15H2,1-4H3,(H,26,28). The Morgan fingerprint density at radius 2 is 1.74 bits per heavy atom. The molecule has 0 bridgehead atoms.